The zero-order valence-electron chi connectivity index (χ0n) is 13.1. The van der Waals surface area contributed by atoms with Gasteiger partial charge in [0, 0.05) is 25.7 Å². The van der Waals surface area contributed by atoms with Crippen LogP contribution >= 0.6 is 24.0 Å². The van der Waals surface area contributed by atoms with Gasteiger partial charge in [-0.05, 0) is 24.8 Å². The van der Waals surface area contributed by atoms with Gasteiger partial charge in [0.05, 0.1) is 11.8 Å². The Morgan fingerprint density at radius 3 is 2.70 bits per heavy atom. The molecular formula is C17H21N3OS2. The van der Waals surface area contributed by atoms with Crippen LogP contribution < -0.4 is 0 Å². The van der Waals surface area contributed by atoms with Gasteiger partial charge >= 0.3 is 0 Å². The smallest absolute Gasteiger partial charge is 0.253 e. The van der Waals surface area contributed by atoms with E-state index in [-0.39, 0.29) is 11.9 Å². The molecule has 0 unspecified atom stereocenters. The number of thiocarbonyl (C=S) groups is 1. The average molecular weight is 348 g/mol. The third kappa shape index (κ3) is 4.12. The van der Waals surface area contributed by atoms with E-state index in [9.17, 15) is 4.79 Å². The topological polar surface area (TPSA) is 35.9 Å². The minimum Gasteiger partial charge on any atom is -0.358 e. The lowest BCUT2D eigenvalue weighted by atomic mass is 10.0. The number of hydrazone groups is 1. The second kappa shape index (κ2) is 7.93. The maximum absolute atomic E-state index is 12.5. The summed E-state index contributed by atoms with van der Waals surface area (Å²) in [5, 5.41) is 5.88. The Balaban J connectivity index is 1.55. The van der Waals surface area contributed by atoms with E-state index in [1.165, 1.54) is 31.0 Å². The number of nitrogens with zero attached hydrogens (tertiary/aromatic N) is 3. The molecule has 2 heterocycles. The number of rotatable bonds is 3. The molecule has 1 fully saturated rings. The molecule has 1 amide bonds. The Morgan fingerprint density at radius 2 is 1.96 bits per heavy atom. The highest BCUT2D eigenvalue weighted by Crippen LogP contribution is 2.28. The maximum Gasteiger partial charge on any atom is 0.253 e. The highest BCUT2D eigenvalue weighted by molar-refractivity contribution is 8.23. The lowest BCUT2D eigenvalue weighted by molar-refractivity contribution is -0.130. The van der Waals surface area contributed by atoms with Gasteiger partial charge < -0.3 is 4.90 Å². The quantitative estimate of drug-likeness (QED) is 0.785. The van der Waals surface area contributed by atoms with Crippen molar-refractivity contribution in [1.29, 1.82) is 0 Å². The first-order valence-electron chi connectivity index (χ1n) is 8.07. The van der Waals surface area contributed by atoms with Crippen LogP contribution in [0.25, 0.3) is 0 Å². The van der Waals surface area contributed by atoms with E-state index in [4.69, 9.17) is 12.2 Å². The number of amides is 1. The molecule has 0 bridgehead atoms. The molecular weight excluding hydrogens is 326 g/mol. The van der Waals surface area contributed by atoms with Crippen LogP contribution in [0.3, 0.4) is 0 Å². The van der Waals surface area contributed by atoms with Crippen molar-refractivity contribution < 1.29 is 4.79 Å². The van der Waals surface area contributed by atoms with Gasteiger partial charge in [-0.15, -0.1) is 0 Å². The third-order valence-corrected chi connectivity index (χ3v) is 5.71. The minimum absolute atomic E-state index is 0.0212. The van der Waals surface area contributed by atoms with Crippen molar-refractivity contribution in [2.75, 3.05) is 18.8 Å². The second-order valence-corrected chi connectivity index (χ2v) is 7.41. The lowest BCUT2D eigenvalue weighted by Crippen LogP contribution is -2.34. The summed E-state index contributed by atoms with van der Waals surface area (Å²) in [5.41, 5.74) is 1.13. The van der Waals surface area contributed by atoms with E-state index in [0.29, 0.717) is 5.75 Å². The van der Waals surface area contributed by atoms with Crippen molar-refractivity contribution in [3.63, 3.8) is 0 Å². The van der Waals surface area contributed by atoms with Gasteiger partial charge in [0.25, 0.3) is 5.91 Å². The van der Waals surface area contributed by atoms with E-state index < -0.39 is 0 Å². The molecule has 0 spiro atoms. The zero-order chi connectivity index (χ0) is 16.1. The summed E-state index contributed by atoms with van der Waals surface area (Å²) in [5.74, 6) is 0.382. The summed E-state index contributed by atoms with van der Waals surface area (Å²) in [4.78, 5) is 14.8. The highest BCUT2D eigenvalue weighted by atomic mass is 32.2. The summed E-state index contributed by atoms with van der Waals surface area (Å²) in [6.45, 7) is 2.04. The number of benzene rings is 1. The Morgan fingerprint density at radius 1 is 1.22 bits per heavy atom. The van der Waals surface area contributed by atoms with Gasteiger partial charge in [-0.1, -0.05) is 54.3 Å². The molecule has 1 aromatic rings. The van der Waals surface area contributed by atoms with E-state index in [0.717, 1.165) is 29.4 Å². The molecule has 122 valence electrons. The van der Waals surface area contributed by atoms with E-state index in [2.05, 4.69) is 10.0 Å². The minimum atomic E-state index is 0.0212. The highest BCUT2D eigenvalue weighted by Gasteiger charge is 2.28. The number of hydrogen-bond acceptors (Lipinski definition) is 4. The fourth-order valence-corrected chi connectivity index (χ4v) is 4.07. The molecule has 4 nitrogen and oxygen atoms in total. The number of thioether (sulfide) groups is 1. The number of carbonyl (C=O) groups excluding carboxylic acids is 1. The fourth-order valence-electron chi connectivity index (χ4n) is 2.96. The normalized spacial score (nSPS) is 20.8. The average Bonchev–Trinajstić information content (AvgIpc) is 3.11. The lowest BCUT2D eigenvalue weighted by Gasteiger charge is -2.29. The van der Waals surface area contributed by atoms with Crippen LogP contribution in [-0.2, 0) is 4.79 Å². The summed E-state index contributed by atoms with van der Waals surface area (Å²) >= 11 is 6.94. The van der Waals surface area contributed by atoms with Crippen molar-refractivity contribution >= 4 is 40.4 Å². The van der Waals surface area contributed by atoms with Crippen LogP contribution in [0.2, 0.25) is 0 Å². The first kappa shape index (κ1) is 16.5. The standard InChI is InChI=1S/C17H21N3OS2/c21-16(13-23-17(22)19-11-5-2-6-12-19)20-15(9-10-18-20)14-7-3-1-4-8-14/h1,3-4,7-8,10,15H,2,5-6,9,11-13H2/t15-/m0/s1. The Hall–Kier alpha value is -1.40. The molecule has 2 aliphatic heterocycles. The Labute approximate surface area is 146 Å². The van der Waals surface area contributed by atoms with Crippen molar-refractivity contribution in [1.82, 2.24) is 9.91 Å². The molecule has 6 heteroatoms. The molecule has 1 saturated heterocycles. The summed E-state index contributed by atoms with van der Waals surface area (Å²) in [6.07, 6.45) is 6.27. The molecule has 2 aliphatic rings. The van der Waals surface area contributed by atoms with Crippen LogP contribution in [-0.4, -0.2) is 45.2 Å². The van der Waals surface area contributed by atoms with E-state index in [1.807, 2.05) is 36.5 Å². The second-order valence-electron chi connectivity index (χ2n) is 5.80. The molecule has 0 radical (unpaired) electrons. The van der Waals surface area contributed by atoms with Gasteiger partial charge in [0.15, 0.2) is 0 Å². The Kier molecular flexibility index (Phi) is 5.67. The summed E-state index contributed by atoms with van der Waals surface area (Å²) in [7, 11) is 0. The SMILES string of the molecule is O=C(CSC(=S)N1CCCCC1)N1N=CC[C@H]1c1ccccc1. The molecule has 0 N–H and O–H groups in total. The van der Waals surface area contributed by atoms with Gasteiger partial charge in [-0.25, -0.2) is 5.01 Å². The van der Waals surface area contributed by atoms with Crippen molar-refractivity contribution in [3.8, 4) is 0 Å². The maximum atomic E-state index is 12.5. The summed E-state index contributed by atoms with van der Waals surface area (Å²) < 4.78 is 0.845. The molecule has 3 rings (SSSR count). The third-order valence-electron chi connectivity index (χ3n) is 4.20. The van der Waals surface area contributed by atoms with E-state index >= 15 is 0 Å². The largest absolute Gasteiger partial charge is 0.358 e. The van der Waals surface area contributed by atoms with Gasteiger partial charge in [0.2, 0.25) is 0 Å². The first-order chi connectivity index (χ1) is 11.3. The number of carbonyl (C=O) groups is 1. The van der Waals surface area contributed by atoms with Crippen LogP contribution in [0.5, 0.6) is 0 Å². The fraction of sp³-hybridized carbons (Fsp3) is 0.471. The van der Waals surface area contributed by atoms with Crippen LogP contribution in [0.1, 0.15) is 37.3 Å². The summed E-state index contributed by atoms with van der Waals surface area (Å²) in [6, 6.07) is 10.1. The van der Waals surface area contributed by atoms with Gasteiger partial charge in [-0.3, -0.25) is 4.79 Å². The monoisotopic (exact) mass is 347 g/mol. The van der Waals surface area contributed by atoms with Crippen molar-refractivity contribution in [2.45, 2.75) is 31.7 Å². The molecule has 0 saturated carbocycles. The van der Waals surface area contributed by atoms with Crippen molar-refractivity contribution in [2.24, 2.45) is 5.10 Å². The van der Waals surface area contributed by atoms with E-state index in [1.54, 1.807) is 5.01 Å². The number of piperidine rings is 1. The molecule has 1 aromatic carbocycles. The first-order valence-corrected chi connectivity index (χ1v) is 9.46. The predicted molar refractivity (Wildman–Crippen MR) is 99.6 cm³/mol. The number of likely N-dealkylation sites (tertiary alicyclic amines) is 1. The van der Waals surface area contributed by atoms with Crippen molar-refractivity contribution in [3.05, 3.63) is 35.9 Å². The molecule has 0 aliphatic carbocycles. The number of hydrogen-bond donors (Lipinski definition) is 0. The Bertz CT molecular complexity index is 585. The van der Waals surface area contributed by atoms with Crippen LogP contribution in [0.4, 0.5) is 0 Å². The van der Waals surface area contributed by atoms with Crippen LogP contribution in [0.15, 0.2) is 35.4 Å². The molecule has 0 aromatic heterocycles. The van der Waals surface area contributed by atoms with Crippen LogP contribution in [0, 0.1) is 0 Å². The predicted octanol–water partition coefficient (Wildman–Crippen LogP) is 3.45. The van der Waals surface area contributed by atoms with Gasteiger partial charge in [0.1, 0.15) is 4.32 Å². The molecule has 1 atom stereocenters. The van der Waals surface area contributed by atoms with Gasteiger partial charge in [-0.2, -0.15) is 5.10 Å². The zero-order valence-corrected chi connectivity index (χ0v) is 14.7. The molecule has 23 heavy (non-hydrogen) atoms.